The maximum Gasteiger partial charge on any atom is 0.140 e. The Kier molecular flexibility index (Phi) is 2.34. The molecule has 1 heterocycles. The summed E-state index contributed by atoms with van der Waals surface area (Å²) < 4.78 is 1.65. The summed E-state index contributed by atoms with van der Waals surface area (Å²) in [4.78, 5) is 0. The van der Waals surface area contributed by atoms with Crippen molar-refractivity contribution in [1.82, 2.24) is 9.78 Å². The molecule has 0 saturated heterocycles. The van der Waals surface area contributed by atoms with Crippen LogP contribution >= 0.6 is 0 Å². The van der Waals surface area contributed by atoms with E-state index in [1.165, 1.54) is 0 Å². The molecule has 0 atom stereocenters. The molecule has 0 aliphatic rings. The second-order valence-electron chi connectivity index (χ2n) is 2.49. The minimum Gasteiger partial charge on any atom is -0.383 e. The molecule has 2 N–H and O–H groups in total. The Morgan fingerprint density at radius 2 is 2.25 bits per heavy atom. The van der Waals surface area contributed by atoms with E-state index in [2.05, 4.69) is 11.2 Å². The van der Waals surface area contributed by atoms with Crippen LogP contribution in [-0.2, 0) is 13.0 Å². The number of nitrogens with two attached hydrogens (primary N) is 1. The minimum absolute atomic E-state index is 0.483. The lowest BCUT2D eigenvalue weighted by Crippen LogP contribution is -2.02. The molecule has 0 saturated carbocycles. The van der Waals surface area contributed by atoms with Gasteiger partial charge in [-0.15, -0.1) is 0 Å². The number of aryl methyl sites for hydroxylation is 2. The Balaban J connectivity index is 3.25. The van der Waals surface area contributed by atoms with Crippen molar-refractivity contribution in [3.63, 3.8) is 0 Å². The van der Waals surface area contributed by atoms with E-state index in [-0.39, 0.29) is 0 Å². The molecular weight excluding hydrogens is 152 g/mol. The van der Waals surface area contributed by atoms with Crippen molar-refractivity contribution in [3.05, 3.63) is 11.3 Å². The summed E-state index contributed by atoms with van der Waals surface area (Å²) in [7, 11) is 0. The van der Waals surface area contributed by atoms with Gasteiger partial charge in [-0.3, -0.25) is 0 Å². The summed E-state index contributed by atoms with van der Waals surface area (Å²) in [5.41, 5.74) is 6.99. The van der Waals surface area contributed by atoms with Gasteiger partial charge in [0.05, 0.1) is 5.69 Å². The normalized spacial score (nSPS) is 9.75. The maximum absolute atomic E-state index is 8.76. The van der Waals surface area contributed by atoms with Crippen molar-refractivity contribution in [3.8, 4) is 6.07 Å². The monoisotopic (exact) mass is 164 g/mol. The van der Waals surface area contributed by atoms with E-state index in [4.69, 9.17) is 11.0 Å². The molecule has 0 unspecified atom stereocenters. The molecule has 4 nitrogen and oxygen atoms in total. The van der Waals surface area contributed by atoms with Crippen LogP contribution in [0.15, 0.2) is 0 Å². The zero-order chi connectivity index (χ0) is 9.14. The third-order valence-corrected chi connectivity index (χ3v) is 1.81. The highest BCUT2D eigenvalue weighted by Crippen LogP contribution is 2.15. The molecule has 0 aromatic carbocycles. The van der Waals surface area contributed by atoms with Crippen LogP contribution in [0.5, 0.6) is 0 Å². The molecule has 12 heavy (non-hydrogen) atoms. The molecule has 0 radical (unpaired) electrons. The summed E-state index contributed by atoms with van der Waals surface area (Å²) in [5, 5.41) is 12.9. The van der Waals surface area contributed by atoms with Gasteiger partial charge >= 0.3 is 0 Å². The van der Waals surface area contributed by atoms with Gasteiger partial charge in [0, 0.05) is 6.54 Å². The number of hydrogen-bond donors (Lipinski definition) is 1. The number of aromatic nitrogens is 2. The average Bonchev–Trinajstić information content (AvgIpc) is 2.41. The van der Waals surface area contributed by atoms with Gasteiger partial charge in [-0.2, -0.15) is 10.4 Å². The van der Waals surface area contributed by atoms with Crippen LogP contribution < -0.4 is 5.73 Å². The molecule has 64 valence electrons. The lowest BCUT2D eigenvalue weighted by molar-refractivity contribution is 0.657. The van der Waals surface area contributed by atoms with Crippen molar-refractivity contribution in [1.29, 1.82) is 5.26 Å². The molecule has 1 rings (SSSR count). The average molecular weight is 164 g/mol. The van der Waals surface area contributed by atoms with Crippen LogP contribution in [0.25, 0.3) is 0 Å². The van der Waals surface area contributed by atoms with Gasteiger partial charge < -0.3 is 5.73 Å². The lowest BCUT2D eigenvalue weighted by Gasteiger charge is -1.95. The summed E-state index contributed by atoms with van der Waals surface area (Å²) in [5.74, 6) is 0.483. The number of anilines is 1. The van der Waals surface area contributed by atoms with Gasteiger partial charge in [-0.25, -0.2) is 4.68 Å². The van der Waals surface area contributed by atoms with Crippen LogP contribution in [-0.4, -0.2) is 9.78 Å². The Morgan fingerprint density at radius 1 is 1.58 bits per heavy atom. The first-order valence-electron chi connectivity index (χ1n) is 3.99. The lowest BCUT2D eigenvalue weighted by atomic mass is 10.2. The van der Waals surface area contributed by atoms with E-state index in [0.29, 0.717) is 17.9 Å². The summed E-state index contributed by atoms with van der Waals surface area (Å²) in [6.07, 6.45) is 0.750. The highest BCUT2D eigenvalue weighted by molar-refractivity contribution is 5.51. The van der Waals surface area contributed by atoms with E-state index in [1.54, 1.807) is 4.68 Å². The van der Waals surface area contributed by atoms with Crippen LogP contribution in [0.4, 0.5) is 5.82 Å². The Bertz CT molecular complexity index is 319. The first-order chi connectivity index (χ1) is 5.74. The third kappa shape index (κ3) is 1.14. The predicted octanol–water partition coefficient (Wildman–Crippen LogP) is 0.919. The van der Waals surface area contributed by atoms with E-state index in [1.807, 2.05) is 13.8 Å². The SMILES string of the molecule is CCc1nn(CC)c(N)c1C#N. The number of hydrogen-bond acceptors (Lipinski definition) is 3. The van der Waals surface area contributed by atoms with Gasteiger partial charge in [0.1, 0.15) is 17.5 Å². The Morgan fingerprint density at radius 3 is 2.58 bits per heavy atom. The van der Waals surface area contributed by atoms with E-state index < -0.39 is 0 Å². The van der Waals surface area contributed by atoms with Crippen LogP contribution in [0.3, 0.4) is 0 Å². The molecule has 1 aromatic heterocycles. The van der Waals surface area contributed by atoms with Gasteiger partial charge in [-0.05, 0) is 13.3 Å². The van der Waals surface area contributed by atoms with Gasteiger partial charge in [0.2, 0.25) is 0 Å². The summed E-state index contributed by atoms with van der Waals surface area (Å²) in [6, 6.07) is 2.06. The Hall–Kier alpha value is -1.50. The van der Waals surface area contributed by atoms with E-state index >= 15 is 0 Å². The minimum atomic E-state index is 0.483. The van der Waals surface area contributed by atoms with Crippen LogP contribution in [0.1, 0.15) is 25.1 Å². The molecule has 0 aliphatic heterocycles. The number of nitrogen functional groups attached to an aromatic ring is 1. The smallest absolute Gasteiger partial charge is 0.140 e. The van der Waals surface area contributed by atoms with Gasteiger partial charge in [0.15, 0.2) is 0 Å². The van der Waals surface area contributed by atoms with Crippen LogP contribution in [0, 0.1) is 11.3 Å². The first kappa shape index (κ1) is 8.60. The largest absolute Gasteiger partial charge is 0.383 e. The van der Waals surface area contributed by atoms with Gasteiger partial charge in [-0.1, -0.05) is 6.92 Å². The molecule has 4 heteroatoms. The molecule has 0 amide bonds. The summed E-state index contributed by atoms with van der Waals surface area (Å²) in [6.45, 7) is 4.62. The zero-order valence-electron chi connectivity index (χ0n) is 7.33. The second-order valence-corrected chi connectivity index (χ2v) is 2.49. The van der Waals surface area contributed by atoms with Crippen molar-refractivity contribution in [2.24, 2.45) is 0 Å². The maximum atomic E-state index is 8.76. The van der Waals surface area contributed by atoms with Crippen molar-refractivity contribution in [2.75, 3.05) is 5.73 Å². The zero-order valence-corrected chi connectivity index (χ0v) is 7.33. The van der Waals surface area contributed by atoms with Gasteiger partial charge in [0.25, 0.3) is 0 Å². The standard InChI is InChI=1S/C8H12N4/c1-3-7-6(5-9)8(10)12(4-2)11-7/h3-4,10H2,1-2H3. The molecule has 0 aliphatic carbocycles. The number of rotatable bonds is 2. The van der Waals surface area contributed by atoms with E-state index in [9.17, 15) is 0 Å². The van der Waals surface area contributed by atoms with Crippen LogP contribution in [0.2, 0.25) is 0 Å². The van der Waals surface area contributed by atoms with Crippen molar-refractivity contribution >= 4 is 5.82 Å². The molecule has 0 spiro atoms. The fourth-order valence-corrected chi connectivity index (χ4v) is 1.14. The highest BCUT2D eigenvalue weighted by atomic mass is 15.3. The Labute approximate surface area is 71.6 Å². The fourth-order valence-electron chi connectivity index (χ4n) is 1.14. The highest BCUT2D eigenvalue weighted by Gasteiger charge is 2.11. The van der Waals surface area contributed by atoms with Crippen molar-refractivity contribution < 1.29 is 0 Å². The third-order valence-electron chi connectivity index (χ3n) is 1.81. The number of nitrogens with zero attached hydrogens (tertiary/aromatic N) is 3. The predicted molar refractivity (Wildman–Crippen MR) is 46.4 cm³/mol. The number of nitriles is 1. The first-order valence-corrected chi connectivity index (χ1v) is 3.99. The van der Waals surface area contributed by atoms with Crippen molar-refractivity contribution in [2.45, 2.75) is 26.8 Å². The quantitative estimate of drug-likeness (QED) is 0.706. The topological polar surface area (TPSA) is 67.6 Å². The summed E-state index contributed by atoms with van der Waals surface area (Å²) >= 11 is 0. The molecule has 1 aromatic rings. The fraction of sp³-hybridized carbons (Fsp3) is 0.500. The van der Waals surface area contributed by atoms with E-state index in [0.717, 1.165) is 12.1 Å². The molecule has 0 bridgehead atoms. The second kappa shape index (κ2) is 3.26. The molecular formula is C8H12N4. The molecule has 0 fully saturated rings.